The van der Waals surface area contributed by atoms with Crippen molar-refractivity contribution in [3.8, 4) is 22.9 Å². The van der Waals surface area contributed by atoms with Crippen molar-refractivity contribution in [1.82, 2.24) is 14.9 Å². The van der Waals surface area contributed by atoms with Crippen LogP contribution in [0.2, 0.25) is 5.02 Å². The van der Waals surface area contributed by atoms with E-state index in [9.17, 15) is 0 Å². The van der Waals surface area contributed by atoms with E-state index in [0.717, 1.165) is 33.5 Å². The molecular formula is C17H11ClN4O2S. The molecule has 0 bridgehead atoms. The van der Waals surface area contributed by atoms with Crippen LogP contribution in [0.25, 0.3) is 17.1 Å². The first-order chi connectivity index (χ1) is 12.3. The summed E-state index contributed by atoms with van der Waals surface area (Å²) in [5, 5.41) is 11.9. The monoisotopic (exact) mass is 370 g/mol. The molecular weight excluding hydrogens is 360 g/mol. The van der Waals surface area contributed by atoms with E-state index < -0.39 is 0 Å². The number of benzene rings is 2. The van der Waals surface area contributed by atoms with Gasteiger partial charge in [0.2, 0.25) is 11.9 Å². The average molecular weight is 371 g/mol. The number of thioether (sulfide) groups is 1. The minimum absolute atomic E-state index is 0.258. The Kier molecular flexibility index (Phi) is 3.36. The maximum absolute atomic E-state index is 6.10. The molecule has 2 aromatic carbocycles. The molecule has 3 heterocycles. The third-order valence-electron chi connectivity index (χ3n) is 3.91. The van der Waals surface area contributed by atoms with E-state index in [1.54, 1.807) is 0 Å². The van der Waals surface area contributed by atoms with Crippen LogP contribution in [0.3, 0.4) is 0 Å². The van der Waals surface area contributed by atoms with Crippen LogP contribution in [0.15, 0.2) is 53.0 Å². The molecule has 0 spiro atoms. The summed E-state index contributed by atoms with van der Waals surface area (Å²) in [7, 11) is 0. The standard InChI is InChI=1S/C17H11ClN4O2S/c18-12-3-1-2-11(6-12)16-19-20-17-22(16)21-13(8-25-17)10-4-5-14-15(7-10)24-9-23-14/h1-8,21H,9H2. The number of hydrogen-bond acceptors (Lipinski definition) is 6. The summed E-state index contributed by atoms with van der Waals surface area (Å²) in [5.41, 5.74) is 6.18. The molecule has 2 aliphatic rings. The largest absolute Gasteiger partial charge is 0.454 e. The van der Waals surface area contributed by atoms with Gasteiger partial charge in [-0.15, -0.1) is 10.2 Å². The highest BCUT2D eigenvalue weighted by Crippen LogP contribution is 2.37. The molecule has 1 N–H and O–H groups in total. The first-order valence-corrected chi connectivity index (χ1v) is 8.79. The molecule has 0 unspecified atom stereocenters. The van der Waals surface area contributed by atoms with Gasteiger partial charge in [-0.3, -0.25) is 5.43 Å². The number of ether oxygens (including phenoxy) is 2. The van der Waals surface area contributed by atoms with Crippen molar-refractivity contribution in [1.29, 1.82) is 0 Å². The second-order valence-electron chi connectivity index (χ2n) is 5.48. The van der Waals surface area contributed by atoms with E-state index in [0.29, 0.717) is 10.8 Å². The Labute approximate surface area is 152 Å². The highest BCUT2D eigenvalue weighted by molar-refractivity contribution is 8.02. The van der Waals surface area contributed by atoms with E-state index in [4.69, 9.17) is 21.1 Å². The zero-order valence-corrected chi connectivity index (χ0v) is 14.3. The topological polar surface area (TPSA) is 61.2 Å². The van der Waals surface area contributed by atoms with Crippen LogP contribution in [-0.4, -0.2) is 21.7 Å². The number of halogens is 1. The molecule has 0 aliphatic carbocycles. The van der Waals surface area contributed by atoms with Crippen LogP contribution in [-0.2, 0) is 0 Å². The van der Waals surface area contributed by atoms with Crippen molar-refractivity contribution >= 4 is 29.1 Å². The van der Waals surface area contributed by atoms with E-state index >= 15 is 0 Å². The quantitative estimate of drug-likeness (QED) is 0.736. The lowest BCUT2D eigenvalue weighted by Crippen LogP contribution is -2.18. The van der Waals surface area contributed by atoms with Crippen molar-refractivity contribution in [2.45, 2.75) is 5.16 Å². The Balaban J connectivity index is 1.51. The van der Waals surface area contributed by atoms with Gasteiger partial charge in [-0.1, -0.05) is 35.5 Å². The number of fused-ring (bicyclic) bond motifs is 2. The van der Waals surface area contributed by atoms with Crippen LogP contribution < -0.4 is 14.9 Å². The molecule has 1 aromatic heterocycles. The van der Waals surface area contributed by atoms with Gasteiger partial charge >= 0.3 is 0 Å². The molecule has 2 aliphatic heterocycles. The lowest BCUT2D eigenvalue weighted by Gasteiger charge is -2.19. The molecule has 3 aromatic rings. The van der Waals surface area contributed by atoms with Gasteiger partial charge in [0.05, 0.1) is 5.70 Å². The SMILES string of the molecule is Clc1cccc(-c2nnc3n2NC(c2ccc4c(c2)OCO4)=CS3)c1. The molecule has 5 rings (SSSR count). The van der Waals surface area contributed by atoms with E-state index in [2.05, 4.69) is 15.6 Å². The van der Waals surface area contributed by atoms with Crippen LogP contribution in [0.5, 0.6) is 11.5 Å². The first-order valence-electron chi connectivity index (χ1n) is 7.53. The molecule has 0 saturated carbocycles. The van der Waals surface area contributed by atoms with Crippen LogP contribution in [0, 0.1) is 0 Å². The Morgan fingerprint density at radius 3 is 2.88 bits per heavy atom. The summed E-state index contributed by atoms with van der Waals surface area (Å²) >= 11 is 7.61. The van der Waals surface area contributed by atoms with Gasteiger partial charge in [0.25, 0.3) is 0 Å². The van der Waals surface area contributed by atoms with Crippen molar-refractivity contribution in [2.75, 3.05) is 12.2 Å². The van der Waals surface area contributed by atoms with Gasteiger partial charge in [0.15, 0.2) is 17.3 Å². The summed E-state index contributed by atoms with van der Waals surface area (Å²) in [6.45, 7) is 0.258. The van der Waals surface area contributed by atoms with E-state index in [1.807, 2.05) is 52.5 Å². The Bertz CT molecular complexity index is 1020. The summed E-state index contributed by atoms with van der Waals surface area (Å²) < 4.78 is 12.7. The first kappa shape index (κ1) is 14.7. The molecule has 8 heteroatoms. The summed E-state index contributed by atoms with van der Waals surface area (Å²) in [4.78, 5) is 0. The highest BCUT2D eigenvalue weighted by Gasteiger charge is 2.21. The molecule has 6 nitrogen and oxygen atoms in total. The van der Waals surface area contributed by atoms with Gasteiger partial charge < -0.3 is 9.47 Å². The van der Waals surface area contributed by atoms with E-state index in [-0.39, 0.29) is 6.79 Å². The van der Waals surface area contributed by atoms with Crippen LogP contribution >= 0.6 is 23.4 Å². The summed E-state index contributed by atoms with van der Waals surface area (Å²) in [6, 6.07) is 13.4. The van der Waals surface area contributed by atoms with Gasteiger partial charge in [0, 0.05) is 21.6 Å². The molecule has 0 radical (unpaired) electrons. The molecule has 0 saturated heterocycles. The maximum Gasteiger partial charge on any atom is 0.231 e. The van der Waals surface area contributed by atoms with Crippen molar-refractivity contribution < 1.29 is 9.47 Å². The van der Waals surface area contributed by atoms with E-state index in [1.165, 1.54) is 11.8 Å². The van der Waals surface area contributed by atoms with Gasteiger partial charge in [0.1, 0.15) is 0 Å². The summed E-state index contributed by atoms with van der Waals surface area (Å²) in [6.07, 6.45) is 0. The predicted molar refractivity (Wildman–Crippen MR) is 96.2 cm³/mol. The predicted octanol–water partition coefficient (Wildman–Crippen LogP) is 3.98. The van der Waals surface area contributed by atoms with Crippen molar-refractivity contribution in [3.05, 3.63) is 58.5 Å². The Hall–Kier alpha value is -2.64. The van der Waals surface area contributed by atoms with Crippen molar-refractivity contribution in [3.63, 3.8) is 0 Å². The average Bonchev–Trinajstić information content (AvgIpc) is 3.27. The zero-order valence-electron chi connectivity index (χ0n) is 12.8. The fraction of sp³-hybridized carbons (Fsp3) is 0.0588. The number of aromatic nitrogens is 3. The second kappa shape index (κ2) is 5.72. The third kappa shape index (κ3) is 2.52. The Morgan fingerprint density at radius 2 is 1.96 bits per heavy atom. The molecule has 0 amide bonds. The highest BCUT2D eigenvalue weighted by atomic mass is 35.5. The second-order valence-corrected chi connectivity index (χ2v) is 6.75. The maximum atomic E-state index is 6.10. The minimum Gasteiger partial charge on any atom is -0.454 e. The smallest absolute Gasteiger partial charge is 0.231 e. The van der Waals surface area contributed by atoms with Crippen LogP contribution in [0.4, 0.5) is 0 Å². The molecule has 124 valence electrons. The third-order valence-corrected chi connectivity index (χ3v) is 4.98. The minimum atomic E-state index is 0.258. The number of nitrogens with one attached hydrogen (secondary N) is 1. The fourth-order valence-corrected chi connectivity index (χ4v) is 3.64. The normalized spacial score (nSPS) is 14.7. The molecule has 25 heavy (non-hydrogen) atoms. The number of nitrogens with zero attached hydrogens (tertiary/aromatic N) is 3. The number of rotatable bonds is 2. The van der Waals surface area contributed by atoms with Gasteiger partial charge in [-0.05, 0) is 30.3 Å². The van der Waals surface area contributed by atoms with Gasteiger partial charge in [-0.25, -0.2) is 4.68 Å². The van der Waals surface area contributed by atoms with Crippen LogP contribution in [0.1, 0.15) is 5.56 Å². The lowest BCUT2D eigenvalue weighted by molar-refractivity contribution is 0.174. The summed E-state index contributed by atoms with van der Waals surface area (Å²) in [5.74, 6) is 2.21. The van der Waals surface area contributed by atoms with Gasteiger partial charge in [-0.2, -0.15) is 0 Å². The fourth-order valence-electron chi connectivity index (χ4n) is 2.72. The number of hydrogen-bond donors (Lipinski definition) is 1. The lowest BCUT2D eigenvalue weighted by atomic mass is 10.1. The Morgan fingerprint density at radius 1 is 1.04 bits per heavy atom. The molecule has 0 fully saturated rings. The van der Waals surface area contributed by atoms with Crippen molar-refractivity contribution in [2.24, 2.45) is 0 Å². The zero-order chi connectivity index (χ0) is 16.8. The molecule has 0 atom stereocenters.